The quantitative estimate of drug-likeness (QED) is 0.765. The molecule has 1 saturated heterocycles. The van der Waals surface area contributed by atoms with Gasteiger partial charge in [0.05, 0.1) is 12.3 Å². The van der Waals surface area contributed by atoms with Gasteiger partial charge in [0.2, 0.25) is 15.9 Å². The van der Waals surface area contributed by atoms with Crippen molar-refractivity contribution in [1.82, 2.24) is 4.31 Å². The molecule has 144 valence electrons. The number of hydrogen-bond acceptors (Lipinski definition) is 3. The molecule has 1 aliphatic rings. The van der Waals surface area contributed by atoms with Crippen molar-refractivity contribution in [3.63, 3.8) is 0 Å². The molecule has 5 nitrogen and oxygen atoms in total. The zero-order chi connectivity index (χ0) is 19.3. The molecule has 27 heavy (non-hydrogen) atoms. The maximum Gasteiger partial charge on any atom is 0.230 e. The van der Waals surface area contributed by atoms with Crippen LogP contribution in [0.4, 0.5) is 5.69 Å². The van der Waals surface area contributed by atoms with E-state index in [2.05, 4.69) is 0 Å². The number of anilines is 1. The molecule has 1 heterocycles. The summed E-state index contributed by atoms with van der Waals surface area (Å²) in [5, 5.41) is 0. The molecule has 1 fully saturated rings. The standard InChI is InChI=1S/C21H26N2O3S/c1-2-27(25,26)22-15-13-19(14-16-22)21(24)23(20-11-7-4-8-12-20)17-18-9-5-3-6-10-18/h3-12,19H,2,13-17H2,1H3. The topological polar surface area (TPSA) is 57.7 Å². The predicted octanol–water partition coefficient (Wildman–Crippen LogP) is 3.28. The monoisotopic (exact) mass is 386 g/mol. The zero-order valence-electron chi connectivity index (χ0n) is 15.6. The molecule has 2 aromatic carbocycles. The Labute approximate surface area is 161 Å². The Bertz CT molecular complexity index is 846. The molecule has 0 unspecified atom stereocenters. The first-order chi connectivity index (χ1) is 13.0. The summed E-state index contributed by atoms with van der Waals surface area (Å²) in [6.07, 6.45) is 1.13. The Morgan fingerprint density at radius 1 is 1.00 bits per heavy atom. The van der Waals surface area contributed by atoms with E-state index in [0.717, 1.165) is 11.3 Å². The highest BCUT2D eigenvalue weighted by molar-refractivity contribution is 7.89. The lowest BCUT2D eigenvalue weighted by Crippen LogP contribution is -2.44. The van der Waals surface area contributed by atoms with E-state index in [9.17, 15) is 13.2 Å². The number of hydrogen-bond donors (Lipinski definition) is 0. The van der Waals surface area contributed by atoms with Crippen LogP contribution >= 0.6 is 0 Å². The molecule has 1 amide bonds. The number of carbonyl (C=O) groups is 1. The first kappa shape index (κ1) is 19.6. The molecule has 2 aromatic rings. The van der Waals surface area contributed by atoms with Crippen LogP contribution in [0, 0.1) is 5.92 Å². The lowest BCUT2D eigenvalue weighted by atomic mass is 9.96. The number of benzene rings is 2. The van der Waals surface area contributed by atoms with Gasteiger partial charge in [0, 0.05) is 24.7 Å². The van der Waals surface area contributed by atoms with E-state index in [1.165, 1.54) is 4.31 Å². The average molecular weight is 387 g/mol. The molecule has 0 radical (unpaired) electrons. The molecule has 0 bridgehead atoms. The fraction of sp³-hybridized carbons (Fsp3) is 0.381. The van der Waals surface area contributed by atoms with Crippen molar-refractivity contribution in [1.29, 1.82) is 0 Å². The van der Waals surface area contributed by atoms with E-state index in [-0.39, 0.29) is 17.6 Å². The molecule has 6 heteroatoms. The number of nitrogens with zero attached hydrogens (tertiary/aromatic N) is 2. The van der Waals surface area contributed by atoms with Crippen LogP contribution in [0.15, 0.2) is 60.7 Å². The predicted molar refractivity (Wildman–Crippen MR) is 108 cm³/mol. The van der Waals surface area contributed by atoms with Gasteiger partial charge in [-0.05, 0) is 37.5 Å². The van der Waals surface area contributed by atoms with Crippen LogP contribution in [0.5, 0.6) is 0 Å². The number of amides is 1. The summed E-state index contributed by atoms with van der Waals surface area (Å²) in [5.41, 5.74) is 1.94. The van der Waals surface area contributed by atoms with Crippen molar-refractivity contribution in [3.05, 3.63) is 66.2 Å². The van der Waals surface area contributed by atoms with Crippen LogP contribution in [0.3, 0.4) is 0 Å². The van der Waals surface area contributed by atoms with Gasteiger partial charge in [-0.25, -0.2) is 12.7 Å². The normalized spacial score (nSPS) is 16.2. The fourth-order valence-corrected chi connectivity index (χ4v) is 4.59. The number of piperidine rings is 1. The molecule has 0 saturated carbocycles. The molecule has 0 atom stereocenters. The van der Waals surface area contributed by atoms with Gasteiger partial charge in [-0.2, -0.15) is 0 Å². The largest absolute Gasteiger partial charge is 0.308 e. The van der Waals surface area contributed by atoms with Crippen molar-refractivity contribution in [2.75, 3.05) is 23.7 Å². The van der Waals surface area contributed by atoms with E-state index in [4.69, 9.17) is 0 Å². The van der Waals surface area contributed by atoms with Crippen LogP contribution in [0.1, 0.15) is 25.3 Å². The Morgan fingerprint density at radius 2 is 1.56 bits per heavy atom. The third-order valence-electron chi connectivity index (χ3n) is 5.08. The Morgan fingerprint density at radius 3 is 2.11 bits per heavy atom. The Hall–Kier alpha value is -2.18. The minimum Gasteiger partial charge on any atom is -0.308 e. The minimum atomic E-state index is -3.18. The molecular formula is C21H26N2O3S. The number of sulfonamides is 1. The maximum absolute atomic E-state index is 13.3. The minimum absolute atomic E-state index is 0.0681. The third kappa shape index (κ3) is 4.76. The van der Waals surface area contributed by atoms with Gasteiger partial charge in [0.1, 0.15) is 0 Å². The number of para-hydroxylation sites is 1. The SMILES string of the molecule is CCS(=O)(=O)N1CCC(C(=O)N(Cc2ccccc2)c2ccccc2)CC1. The van der Waals surface area contributed by atoms with E-state index in [1.54, 1.807) is 6.92 Å². The van der Waals surface area contributed by atoms with Crippen LogP contribution in [0.2, 0.25) is 0 Å². The van der Waals surface area contributed by atoms with Crippen molar-refractivity contribution in [2.45, 2.75) is 26.3 Å². The first-order valence-corrected chi connectivity index (χ1v) is 11.0. The van der Waals surface area contributed by atoms with Gasteiger partial charge in [-0.3, -0.25) is 4.79 Å². The molecular weight excluding hydrogens is 360 g/mol. The van der Waals surface area contributed by atoms with Crippen molar-refractivity contribution >= 4 is 21.6 Å². The van der Waals surface area contributed by atoms with Gasteiger partial charge < -0.3 is 4.90 Å². The fourth-order valence-electron chi connectivity index (χ4n) is 3.45. The van der Waals surface area contributed by atoms with Crippen LogP contribution in [0.25, 0.3) is 0 Å². The van der Waals surface area contributed by atoms with E-state index >= 15 is 0 Å². The molecule has 0 aromatic heterocycles. The summed E-state index contributed by atoms with van der Waals surface area (Å²) >= 11 is 0. The van der Waals surface area contributed by atoms with Gasteiger partial charge in [-0.15, -0.1) is 0 Å². The highest BCUT2D eigenvalue weighted by atomic mass is 32.2. The van der Waals surface area contributed by atoms with E-state index in [1.807, 2.05) is 65.6 Å². The van der Waals surface area contributed by atoms with Gasteiger partial charge in [-0.1, -0.05) is 48.5 Å². The summed E-state index contributed by atoms with van der Waals surface area (Å²) in [4.78, 5) is 15.1. The molecule has 0 aliphatic carbocycles. The summed E-state index contributed by atoms with van der Waals surface area (Å²) in [6, 6.07) is 19.6. The van der Waals surface area contributed by atoms with Crippen LogP contribution < -0.4 is 4.90 Å². The molecule has 0 spiro atoms. The highest BCUT2D eigenvalue weighted by Gasteiger charge is 2.32. The van der Waals surface area contributed by atoms with Crippen LogP contribution in [-0.2, 0) is 21.4 Å². The molecule has 1 aliphatic heterocycles. The lowest BCUT2D eigenvalue weighted by molar-refractivity contribution is -0.123. The van der Waals surface area contributed by atoms with Gasteiger partial charge in [0.15, 0.2) is 0 Å². The van der Waals surface area contributed by atoms with E-state index < -0.39 is 10.0 Å². The first-order valence-electron chi connectivity index (χ1n) is 9.39. The Balaban J connectivity index is 1.76. The van der Waals surface area contributed by atoms with Gasteiger partial charge >= 0.3 is 0 Å². The van der Waals surface area contributed by atoms with Crippen LogP contribution in [-0.4, -0.2) is 37.5 Å². The third-order valence-corrected chi connectivity index (χ3v) is 6.96. The summed E-state index contributed by atoms with van der Waals surface area (Å²) in [7, 11) is -3.18. The van der Waals surface area contributed by atoms with Crippen molar-refractivity contribution in [3.8, 4) is 0 Å². The summed E-state index contributed by atoms with van der Waals surface area (Å²) in [5.74, 6) is 0.0197. The molecule has 3 rings (SSSR count). The smallest absolute Gasteiger partial charge is 0.230 e. The maximum atomic E-state index is 13.3. The zero-order valence-corrected chi connectivity index (χ0v) is 16.4. The Kier molecular flexibility index (Phi) is 6.29. The highest BCUT2D eigenvalue weighted by Crippen LogP contribution is 2.26. The second-order valence-electron chi connectivity index (χ2n) is 6.82. The van der Waals surface area contributed by atoms with E-state index in [0.29, 0.717) is 32.5 Å². The lowest BCUT2D eigenvalue weighted by Gasteiger charge is -2.33. The average Bonchev–Trinajstić information content (AvgIpc) is 2.73. The number of carbonyl (C=O) groups excluding carboxylic acids is 1. The summed E-state index contributed by atoms with van der Waals surface area (Å²) < 4.78 is 25.6. The second kappa shape index (κ2) is 8.67. The van der Waals surface area contributed by atoms with Crippen molar-refractivity contribution in [2.24, 2.45) is 5.92 Å². The van der Waals surface area contributed by atoms with Crippen molar-refractivity contribution < 1.29 is 13.2 Å². The van der Waals surface area contributed by atoms with Gasteiger partial charge in [0.25, 0.3) is 0 Å². The second-order valence-corrected chi connectivity index (χ2v) is 9.08. The summed E-state index contributed by atoms with van der Waals surface area (Å²) in [6.45, 7) is 3.00. The molecule has 0 N–H and O–H groups in total. The number of rotatable bonds is 6.